The lowest BCUT2D eigenvalue weighted by molar-refractivity contribution is -0.120. The smallest absolute Gasteiger partial charge is 0.250 e. The molecular weight excluding hydrogens is 354 g/mol. The first-order valence-corrected chi connectivity index (χ1v) is 8.79. The van der Waals surface area contributed by atoms with Gasteiger partial charge < -0.3 is 20.6 Å². The lowest BCUT2D eigenvalue weighted by atomic mass is 10.0. The van der Waals surface area contributed by atoms with Crippen LogP contribution >= 0.6 is 11.6 Å². The van der Waals surface area contributed by atoms with Gasteiger partial charge in [-0.3, -0.25) is 9.59 Å². The molecule has 1 fully saturated rings. The number of benzene rings is 2. The van der Waals surface area contributed by atoms with E-state index in [2.05, 4.69) is 10.6 Å². The molecule has 1 unspecified atom stereocenters. The number of nitrogens with one attached hydrogen (secondary N) is 2. The van der Waals surface area contributed by atoms with Gasteiger partial charge in [0.25, 0.3) is 0 Å². The van der Waals surface area contributed by atoms with Gasteiger partial charge in [0.2, 0.25) is 11.8 Å². The number of anilines is 3. The van der Waals surface area contributed by atoms with E-state index in [0.29, 0.717) is 23.7 Å². The van der Waals surface area contributed by atoms with E-state index >= 15 is 0 Å². The Hall–Kier alpha value is -2.57. The zero-order chi connectivity index (χ0) is 18.5. The van der Waals surface area contributed by atoms with Crippen LogP contribution in [0.25, 0.3) is 0 Å². The first kappa shape index (κ1) is 18.2. The van der Waals surface area contributed by atoms with Gasteiger partial charge in [0.1, 0.15) is 12.6 Å². The lowest BCUT2D eigenvalue weighted by Gasteiger charge is -2.33. The van der Waals surface area contributed by atoms with Crippen LogP contribution in [0.5, 0.6) is 0 Å². The van der Waals surface area contributed by atoms with Gasteiger partial charge in [-0.25, -0.2) is 0 Å². The number of aliphatic hydroxyl groups excluding tert-OH is 1. The maximum Gasteiger partial charge on any atom is 0.250 e. The SMILES string of the molecule is O=C(CO)Nc1cccc(NC2CCCN(c3ccccc3Cl)C2=O)c1. The van der Waals surface area contributed by atoms with Crippen LogP contribution in [0.4, 0.5) is 17.1 Å². The van der Waals surface area contributed by atoms with Crippen molar-refractivity contribution in [1.82, 2.24) is 0 Å². The van der Waals surface area contributed by atoms with Gasteiger partial charge >= 0.3 is 0 Å². The predicted octanol–water partition coefficient (Wildman–Crippen LogP) is 2.88. The Morgan fingerprint density at radius 3 is 2.73 bits per heavy atom. The topological polar surface area (TPSA) is 81.7 Å². The lowest BCUT2D eigenvalue weighted by Crippen LogP contribution is -2.47. The number of carbonyl (C=O) groups is 2. The Morgan fingerprint density at radius 2 is 1.96 bits per heavy atom. The molecular formula is C19H20ClN3O3. The van der Waals surface area contributed by atoms with Crippen molar-refractivity contribution in [2.75, 3.05) is 28.7 Å². The number of hydrogen-bond donors (Lipinski definition) is 3. The molecule has 0 aliphatic carbocycles. The monoisotopic (exact) mass is 373 g/mol. The number of carbonyl (C=O) groups excluding carboxylic acids is 2. The highest BCUT2D eigenvalue weighted by Crippen LogP contribution is 2.29. The average molecular weight is 374 g/mol. The normalized spacial score (nSPS) is 17.1. The summed E-state index contributed by atoms with van der Waals surface area (Å²) in [6.45, 7) is 0.0545. The van der Waals surface area contributed by atoms with Crippen molar-refractivity contribution in [3.05, 3.63) is 53.6 Å². The van der Waals surface area contributed by atoms with Crippen LogP contribution in [-0.4, -0.2) is 36.1 Å². The van der Waals surface area contributed by atoms with Crippen LogP contribution < -0.4 is 15.5 Å². The van der Waals surface area contributed by atoms with Crippen molar-refractivity contribution in [3.63, 3.8) is 0 Å². The quantitative estimate of drug-likeness (QED) is 0.752. The number of nitrogens with zero attached hydrogens (tertiary/aromatic N) is 1. The number of rotatable bonds is 5. The number of para-hydroxylation sites is 1. The Bertz CT molecular complexity index is 812. The Kier molecular flexibility index (Phi) is 5.75. The molecule has 0 aromatic heterocycles. The van der Waals surface area contributed by atoms with Gasteiger partial charge in [0.15, 0.2) is 0 Å². The van der Waals surface area contributed by atoms with Gasteiger partial charge in [-0.15, -0.1) is 0 Å². The molecule has 2 aromatic carbocycles. The van der Waals surface area contributed by atoms with Crippen LogP contribution in [0, 0.1) is 0 Å². The van der Waals surface area contributed by atoms with Crippen LogP contribution in [0.3, 0.4) is 0 Å². The zero-order valence-electron chi connectivity index (χ0n) is 14.1. The number of hydrogen-bond acceptors (Lipinski definition) is 4. The summed E-state index contributed by atoms with van der Waals surface area (Å²) in [5, 5.41) is 15.2. The number of halogens is 1. The van der Waals surface area contributed by atoms with Crippen molar-refractivity contribution in [3.8, 4) is 0 Å². The van der Waals surface area contributed by atoms with E-state index in [1.807, 2.05) is 24.3 Å². The van der Waals surface area contributed by atoms with Crippen molar-refractivity contribution in [2.45, 2.75) is 18.9 Å². The maximum absolute atomic E-state index is 12.9. The van der Waals surface area contributed by atoms with Crippen LogP contribution in [-0.2, 0) is 9.59 Å². The van der Waals surface area contributed by atoms with E-state index in [9.17, 15) is 9.59 Å². The second-order valence-electron chi connectivity index (χ2n) is 6.07. The molecule has 0 radical (unpaired) electrons. The zero-order valence-corrected chi connectivity index (χ0v) is 14.9. The maximum atomic E-state index is 12.9. The van der Waals surface area contributed by atoms with E-state index in [-0.39, 0.29) is 11.9 Å². The van der Waals surface area contributed by atoms with E-state index in [1.54, 1.807) is 29.2 Å². The van der Waals surface area contributed by atoms with Gasteiger partial charge in [-0.2, -0.15) is 0 Å². The summed E-state index contributed by atoms with van der Waals surface area (Å²) in [6, 6.07) is 14.0. The summed E-state index contributed by atoms with van der Waals surface area (Å²) >= 11 is 6.24. The minimum Gasteiger partial charge on any atom is -0.387 e. The third-order valence-electron chi connectivity index (χ3n) is 4.21. The molecule has 0 bridgehead atoms. The molecule has 1 saturated heterocycles. The van der Waals surface area contributed by atoms with E-state index in [1.165, 1.54) is 0 Å². The summed E-state index contributed by atoms with van der Waals surface area (Å²) in [5.41, 5.74) is 2.00. The molecule has 6 nitrogen and oxygen atoms in total. The highest BCUT2D eigenvalue weighted by atomic mass is 35.5. The molecule has 1 aliphatic heterocycles. The highest BCUT2D eigenvalue weighted by molar-refractivity contribution is 6.33. The van der Waals surface area contributed by atoms with Gasteiger partial charge in [-0.05, 0) is 43.2 Å². The third kappa shape index (κ3) is 4.15. The Balaban J connectivity index is 1.74. The van der Waals surface area contributed by atoms with E-state index in [4.69, 9.17) is 16.7 Å². The molecule has 2 amide bonds. The van der Waals surface area contributed by atoms with Crippen molar-refractivity contribution in [1.29, 1.82) is 0 Å². The number of aliphatic hydroxyl groups is 1. The van der Waals surface area contributed by atoms with Crippen LogP contribution in [0.2, 0.25) is 5.02 Å². The summed E-state index contributed by atoms with van der Waals surface area (Å²) in [7, 11) is 0. The van der Waals surface area contributed by atoms with Gasteiger partial charge in [0, 0.05) is 17.9 Å². The first-order valence-electron chi connectivity index (χ1n) is 8.41. The molecule has 1 atom stereocenters. The molecule has 1 aliphatic rings. The van der Waals surface area contributed by atoms with Crippen LogP contribution in [0.15, 0.2) is 48.5 Å². The minimum absolute atomic E-state index is 0.0332. The molecule has 0 spiro atoms. The van der Waals surface area contributed by atoms with Gasteiger partial charge in [0.05, 0.1) is 10.7 Å². The van der Waals surface area contributed by atoms with Crippen molar-refractivity contribution < 1.29 is 14.7 Å². The number of amides is 2. The molecule has 1 heterocycles. The molecule has 3 N–H and O–H groups in total. The average Bonchev–Trinajstić information content (AvgIpc) is 2.64. The summed E-state index contributed by atoms with van der Waals surface area (Å²) in [4.78, 5) is 25.9. The third-order valence-corrected chi connectivity index (χ3v) is 4.53. The largest absolute Gasteiger partial charge is 0.387 e. The first-order chi connectivity index (χ1) is 12.6. The second kappa shape index (κ2) is 8.21. The molecule has 7 heteroatoms. The molecule has 3 rings (SSSR count). The van der Waals surface area contributed by atoms with Crippen molar-refractivity contribution in [2.24, 2.45) is 0 Å². The molecule has 2 aromatic rings. The number of piperidine rings is 1. The van der Waals surface area contributed by atoms with Crippen LogP contribution in [0.1, 0.15) is 12.8 Å². The molecule has 26 heavy (non-hydrogen) atoms. The highest BCUT2D eigenvalue weighted by Gasteiger charge is 2.30. The molecule has 0 saturated carbocycles. The fraction of sp³-hybridized carbons (Fsp3) is 0.263. The summed E-state index contributed by atoms with van der Waals surface area (Å²) in [5.74, 6) is -0.519. The molecule has 136 valence electrons. The van der Waals surface area contributed by atoms with E-state index in [0.717, 1.165) is 17.8 Å². The minimum atomic E-state index is -0.578. The van der Waals surface area contributed by atoms with E-state index < -0.39 is 12.5 Å². The summed E-state index contributed by atoms with van der Waals surface area (Å²) < 4.78 is 0. The van der Waals surface area contributed by atoms with Crippen molar-refractivity contribution >= 4 is 40.5 Å². The second-order valence-corrected chi connectivity index (χ2v) is 6.47. The summed E-state index contributed by atoms with van der Waals surface area (Å²) in [6.07, 6.45) is 1.57. The fourth-order valence-corrected chi connectivity index (χ4v) is 3.25. The van der Waals surface area contributed by atoms with Gasteiger partial charge in [-0.1, -0.05) is 29.8 Å². The fourth-order valence-electron chi connectivity index (χ4n) is 3.01. The standard InChI is InChI=1S/C19H20ClN3O3/c20-15-7-1-2-9-17(15)23-10-4-8-16(19(23)26)21-13-5-3-6-14(11-13)22-18(25)12-24/h1-3,5-7,9,11,16,21,24H,4,8,10,12H2,(H,22,25). The predicted molar refractivity (Wildman–Crippen MR) is 103 cm³/mol. The Morgan fingerprint density at radius 1 is 1.19 bits per heavy atom. The Labute approximate surface area is 156 Å².